The molecule has 0 spiro atoms. The highest BCUT2D eigenvalue weighted by Gasteiger charge is 2.34. The maximum absolute atomic E-state index is 12.4. The van der Waals surface area contributed by atoms with Gasteiger partial charge in [-0.05, 0) is 25.7 Å². The number of ether oxygens (including phenoxy) is 1. The molecule has 2 aliphatic rings. The Bertz CT molecular complexity index is 593. The number of nitrogens with one attached hydrogen (secondary N) is 1. The van der Waals surface area contributed by atoms with Crippen molar-refractivity contribution in [1.29, 1.82) is 0 Å². The van der Waals surface area contributed by atoms with E-state index in [0.29, 0.717) is 31.2 Å². The maximum Gasteiger partial charge on any atom is 0.242 e. The molecule has 3 heterocycles. The Morgan fingerprint density at radius 2 is 2.17 bits per heavy atom. The molecule has 0 aromatic carbocycles. The first-order valence-corrected chi connectivity index (χ1v) is 9.19. The number of hydrogen-bond donors (Lipinski definition) is 1. The molecule has 0 saturated carbocycles. The van der Waals surface area contributed by atoms with Gasteiger partial charge in [-0.1, -0.05) is 11.3 Å². The SMILES string of the molecule is COCCCNC(=O)C1CCCN1c1nnc(N2CCCC2=O)s1. The Morgan fingerprint density at radius 3 is 2.92 bits per heavy atom. The largest absolute Gasteiger partial charge is 0.385 e. The predicted octanol–water partition coefficient (Wildman–Crippen LogP) is 0.786. The van der Waals surface area contributed by atoms with E-state index in [2.05, 4.69) is 15.5 Å². The van der Waals surface area contributed by atoms with Gasteiger partial charge in [0.25, 0.3) is 0 Å². The lowest BCUT2D eigenvalue weighted by molar-refractivity contribution is -0.122. The van der Waals surface area contributed by atoms with Crippen molar-refractivity contribution >= 4 is 33.4 Å². The van der Waals surface area contributed by atoms with E-state index in [9.17, 15) is 9.59 Å². The highest BCUT2D eigenvalue weighted by atomic mass is 32.1. The molecule has 2 aliphatic heterocycles. The van der Waals surface area contributed by atoms with Gasteiger partial charge < -0.3 is 15.0 Å². The molecular formula is C15H23N5O3S. The van der Waals surface area contributed by atoms with Crippen LogP contribution in [0.4, 0.5) is 10.3 Å². The summed E-state index contributed by atoms with van der Waals surface area (Å²) < 4.78 is 4.99. The Balaban J connectivity index is 1.62. The van der Waals surface area contributed by atoms with Crippen LogP contribution in [0.2, 0.25) is 0 Å². The topological polar surface area (TPSA) is 87.7 Å². The Labute approximate surface area is 145 Å². The van der Waals surface area contributed by atoms with Crippen molar-refractivity contribution in [3.8, 4) is 0 Å². The minimum atomic E-state index is -0.206. The molecule has 2 amide bonds. The smallest absolute Gasteiger partial charge is 0.242 e. The van der Waals surface area contributed by atoms with E-state index in [4.69, 9.17) is 4.74 Å². The summed E-state index contributed by atoms with van der Waals surface area (Å²) in [5, 5.41) is 12.7. The van der Waals surface area contributed by atoms with Gasteiger partial charge in [0, 0.05) is 39.8 Å². The Morgan fingerprint density at radius 1 is 1.33 bits per heavy atom. The first kappa shape index (κ1) is 17.1. The summed E-state index contributed by atoms with van der Waals surface area (Å²) in [6.45, 7) is 2.74. The molecule has 0 aliphatic carbocycles. The molecule has 2 fully saturated rings. The third kappa shape index (κ3) is 3.67. The van der Waals surface area contributed by atoms with Crippen LogP contribution in [-0.4, -0.2) is 61.4 Å². The fraction of sp³-hybridized carbons (Fsp3) is 0.733. The van der Waals surface area contributed by atoms with Crippen LogP contribution in [0.1, 0.15) is 32.1 Å². The number of anilines is 2. The molecule has 1 N–H and O–H groups in total. The molecule has 0 radical (unpaired) electrons. The molecule has 9 heteroatoms. The number of aromatic nitrogens is 2. The fourth-order valence-electron chi connectivity index (χ4n) is 3.10. The third-order valence-electron chi connectivity index (χ3n) is 4.33. The van der Waals surface area contributed by atoms with Crippen LogP contribution in [0.5, 0.6) is 0 Å². The van der Waals surface area contributed by atoms with Gasteiger partial charge in [0.05, 0.1) is 0 Å². The predicted molar refractivity (Wildman–Crippen MR) is 91.4 cm³/mol. The van der Waals surface area contributed by atoms with Crippen LogP contribution in [0.3, 0.4) is 0 Å². The Kier molecular flexibility index (Phi) is 5.62. The number of rotatable bonds is 7. The lowest BCUT2D eigenvalue weighted by Gasteiger charge is -2.22. The highest BCUT2D eigenvalue weighted by Crippen LogP contribution is 2.33. The molecule has 0 bridgehead atoms. The lowest BCUT2D eigenvalue weighted by Crippen LogP contribution is -2.43. The monoisotopic (exact) mass is 353 g/mol. The zero-order valence-corrected chi connectivity index (χ0v) is 14.7. The van der Waals surface area contributed by atoms with Gasteiger partial charge in [-0.25, -0.2) is 0 Å². The molecule has 8 nitrogen and oxygen atoms in total. The zero-order chi connectivity index (χ0) is 16.9. The van der Waals surface area contributed by atoms with Gasteiger partial charge in [-0.15, -0.1) is 10.2 Å². The van der Waals surface area contributed by atoms with Crippen LogP contribution in [0.15, 0.2) is 0 Å². The van der Waals surface area contributed by atoms with Crippen molar-refractivity contribution in [2.24, 2.45) is 0 Å². The fourth-order valence-corrected chi connectivity index (χ4v) is 4.06. The van der Waals surface area contributed by atoms with E-state index in [1.54, 1.807) is 12.0 Å². The highest BCUT2D eigenvalue weighted by molar-refractivity contribution is 7.19. The quantitative estimate of drug-likeness (QED) is 0.729. The summed E-state index contributed by atoms with van der Waals surface area (Å²) in [4.78, 5) is 27.9. The average molecular weight is 353 g/mol. The molecule has 1 unspecified atom stereocenters. The van der Waals surface area contributed by atoms with E-state index < -0.39 is 0 Å². The number of methoxy groups -OCH3 is 1. The van der Waals surface area contributed by atoms with Crippen molar-refractivity contribution < 1.29 is 14.3 Å². The summed E-state index contributed by atoms with van der Waals surface area (Å²) in [6, 6.07) is -0.206. The number of hydrogen-bond acceptors (Lipinski definition) is 7. The average Bonchev–Trinajstić information content (AvgIpc) is 3.29. The molecule has 1 aromatic rings. The Hall–Kier alpha value is -1.74. The van der Waals surface area contributed by atoms with Crippen molar-refractivity contribution in [1.82, 2.24) is 15.5 Å². The molecule has 132 valence electrons. The van der Waals surface area contributed by atoms with Gasteiger partial charge in [0.1, 0.15) is 6.04 Å². The zero-order valence-electron chi connectivity index (χ0n) is 13.9. The normalized spacial score (nSPS) is 20.9. The number of nitrogens with zero attached hydrogens (tertiary/aromatic N) is 4. The third-order valence-corrected chi connectivity index (χ3v) is 5.32. The van der Waals surface area contributed by atoms with Crippen molar-refractivity contribution in [3.05, 3.63) is 0 Å². The summed E-state index contributed by atoms with van der Waals surface area (Å²) in [5.74, 6) is 0.129. The number of amides is 2. The van der Waals surface area contributed by atoms with Gasteiger partial charge in [-0.3, -0.25) is 14.5 Å². The standard InChI is InChI=1S/C15H23N5O3S/c1-23-10-4-7-16-13(22)11-5-2-8-19(11)14-17-18-15(24-14)20-9-3-6-12(20)21/h11H,2-10H2,1H3,(H,16,22). The van der Waals surface area contributed by atoms with E-state index in [0.717, 1.165) is 37.4 Å². The second-order valence-electron chi connectivity index (χ2n) is 6.00. The summed E-state index contributed by atoms with van der Waals surface area (Å²) >= 11 is 1.39. The minimum absolute atomic E-state index is 0.0256. The summed E-state index contributed by atoms with van der Waals surface area (Å²) in [6.07, 6.45) is 4.01. The van der Waals surface area contributed by atoms with Gasteiger partial charge in [-0.2, -0.15) is 0 Å². The van der Waals surface area contributed by atoms with Crippen molar-refractivity contribution in [2.45, 2.75) is 38.1 Å². The van der Waals surface area contributed by atoms with Crippen LogP contribution >= 0.6 is 11.3 Å². The molecule has 1 aromatic heterocycles. The summed E-state index contributed by atoms with van der Waals surface area (Å²) in [5.41, 5.74) is 0. The van der Waals surface area contributed by atoms with E-state index >= 15 is 0 Å². The number of carbonyl (C=O) groups excluding carboxylic acids is 2. The molecular weight excluding hydrogens is 330 g/mol. The van der Waals surface area contributed by atoms with E-state index in [1.165, 1.54) is 11.3 Å². The first-order chi connectivity index (χ1) is 11.7. The molecule has 24 heavy (non-hydrogen) atoms. The summed E-state index contributed by atoms with van der Waals surface area (Å²) in [7, 11) is 1.65. The molecule has 3 rings (SSSR count). The molecule has 2 saturated heterocycles. The second-order valence-corrected chi connectivity index (χ2v) is 6.94. The van der Waals surface area contributed by atoms with E-state index in [1.807, 2.05) is 4.90 Å². The van der Waals surface area contributed by atoms with Crippen LogP contribution < -0.4 is 15.1 Å². The van der Waals surface area contributed by atoms with Crippen LogP contribution in [0, 0.1) is 0 Å². The molecule has 1 atom stereocenters. The van der Waals surface area contributed by atoms with Crippen LogP contribution in [0.25, 0.3) is 0 Å². The lowest BCUT2D eigenvalue weighted by atomic mass is 10.2. The second kappa shape index (κ2) is 7.89. The van der Waals surface area contributed by atoms with Crippen molar-refractivity contribution in [3.63, 3.8) is 0 Å². The van der Waals surface area contributed by atoms with E-state index in [-0.39, 0.29) is 17.9 Å². The van der Waals surface area contributed by atoms with Gasteiger partial charge in [0.2, 0.25) is 22.1 Å². The minimum Gasteiger partial charge on any atom is -0.385 e. The van der Waals surface area contributed by atoms with Gasteiger partial charge >= 0.3 is 0 Å². The number of carbonyl (C=O) groups is 2. The first-order valence-electron chi connectivity index (χ1n) is 8.38. The van der Waals surface area contributed by atoms with Crippen molar-refractivity contribution in [2.75, 3.05) is 43.2 Å². The van der Waals surface area contributed by atoms with Crippen LogP contribution in [-0.2, 0) is 14.3 Å². The maximum atomic E-state index is 12.4. The van der Waals surface area contributed by atoms with Gasteiger partial charge in [0.15, 0.2) is 0 Å².